The lowest BCUT2D eigenvalue weighted by molar-refractivity contribution is -0.124. The Balaban J connectivity index is 1.97. The lowest BCUT2D eigenvalue weighted by Crippen LogP contribution is -2.46. The van der Waals surface area contributed by atoms with Gasteiger partial charge >= 0.3 is 0 Å². The second-order valence-corrected chi connectivity index (χ2v) is 7.39. The highest BCUT2D eigenvalue weighted by atomic mass is 35.5. The van der Waals surface area contributed by atoms with Gasteiger partial charge in [-0.15, -0.1) is 11.8 Å². The Labute approximate surface area is 133 Å². The minimum Gasteiger partial charge on any atom is -0.354 e. The molecule has 0 saturated heterocycles. The van der Waals surface area contributed by atoms with Gasteiger partial charge in [0, 0.05) is 28.4 Å². The summed E-state index contributed by atoms with van der Waals surface area (Å²) in [6, 6.07) is 5.31. The van der Waals surface area contributed by atoms with Crippen LogP contribution in [0.15, 0.2) is 23.1 Å². The molecular formula is C14H18ClN3O2S. The van der Waals surface area contributed by atoms with Crippen molar-refractivity contribution in [1.82, 2.24) is 5.32 Å². The van der Waals surface area contributed by atoms with Crippen LogP contribution in [0.2, 0.25) is 5.02 Å². The zero-order valence-corrected chi connectivity index (χ0v) is 13.5. The first-order valence-corrected chi connectivity index (χ1v) is 7.83. The van der Waals surface area contributed by atoms with Gasteiger partial charge in [-0.05, 0) is 32.0 Å². The average molecular weight is 328 g/mol. The van der Waals surface area contributed by atoms with Crippen LogP contribution in [0.3, 0.4) is 0 Å². The van der Waals surface area contributed by atoms with Gasteiger partial charge < -0.3 is 16.4 Å². The normalized spacial score (nSPS) is 17.9. The summed E-state index contributed by atoms with van der Waals surface area (Å²) in [5, 5.41) is 5.65. The van der Waals surface area contributed by atoms with E-state index in [-0.39, 0.29) is 18.2 Å². The SMILES string of the molecule is CC(C)(N)CNC(=O)CC1Sc2ccc(Cl)cc2NC1=O. The third-order valence-electron chi connectivity index (χ3n) is 2.87. The molecule has 0 fully saturated rings. The van der Waals surface area contributed by atoms with Gasteiger partial charge in [0.2, 0.25) is 11.8 Å². The maximum absolute atomic E-state index is 12.0. The quantitative estimate of drug-likeness (QED) is 0.789. The van der Waals surface area contributed by atoms with Crippen LogP contribution in [-0.2, 0) is 9.59 Å². The number of rotatable bonds is 4. The molecule has 4 N–H and O–H groups in total. The number of nitrogens with one attached hydrogen (secondary N) is 2. The molecule has 1 aliphatic heterocycles. The van der Waals surface area contributed by atoms with Crippen molar-refractivity contribution in [2.75, 3.05) is 11.9 Å². The monoisotopic (exact) mass is 327 g/mol. The fourth-order valence-electron chi connectivity index (χ4n) is 1.82. The number of fused-ring (bicyclic) bond motifs is 1. The van der Waals surface area contributed by atoms with Gasteiger partial charge in [0.15, 0.2) is 0 Å². The van der Waals surface area contributed by atoms with Crippen molar-refractivity contribution in [2.45, 2.75) is 36.0 Å². The molecule has 0 aromatic heterocycles. The van der Waals surface area contributed by atoms with E-state index < -0.39 is 10.8 Å². The Hall–Kier alpha value is -1.24. The van der Waals surface area contributed by atoms with Gasteiger partial charge in [-0.3, -0.25) is 9.59 Å². The molecule has 7 heteroatoms. The van der Waals surface area contributed by atoms with Crippen LogP contribution in [-0.4, -0.2) is 29.1 Å². The van der Waals surface area contributed by atoms with Crippen molar-refractivity contribution >= 4 is 40.9 Å². The molecule has 5 nitrogen and oxygen atoms in total. The fraction of sp³-hybridized carbons (Fsp3) is 0.429. The third-order valence-corrected chi connectivity index (χ3v) is 4.38. The topological polar surface area (TPSA) is 84.2 Å². The van der Waals surface area contributed by atoms with Crippen molar-refractivity contribution in [3.05, 3.63) is 23.2 Å². The molecule has 2 rings (SSSR count). The van der Waals surface area contributed by atoms with Crippen LogP contribution in [0.5, 0.6) is 0 Å². The van der Waals surface area contributed by atoms with E-state index in [1.807, 2.05) is 19.9 Å². The first-order valence-electron chi connectivity index (χ1n) is 6.57. The van der Waals surface area contributed by atoms with E-state index in [9.17, 15) is 9.59 Å². The molecule has 0 bridgehead atoms. The lowest BCUT2D eigenvalue weighted by atomic mass is 10.1. The number of benzene rings is 1. The molecule has 114 valence electrons. The predicted octanol–water partition coefficient (Wildman–Crippen LogP) is 2.00. The van der Waals surface area contributed by atoms with E-state index in [2.05, 4.69) is 10.6 Å². The van der Waals surface area contributed by atoms with E-state index in [4.69, 9.17) is 17.3 Å². The number of thioether (sulfide) groups is 1. The molecule has 1 unspecified atom stereocenters. The molecule has 1 aliphatic rings. The van der Waals surface area contributed by atoms with Gasteiger partial charge in [-0.2, -0.15) is 0 Å². The van der Waals surface area contributed by atoms with E-state index in [0.29, 0.717) is 17.3 Å². The Morgan fingerprint density at radius 3 is 2.90 bits per heavy atom. The summed E-state index contributed by atoms with van der Waals surface area (Å²) in [7, 11) is 0. The molecule has 0 saturated carbocycles. The van der Waals surface area contributed by atoms with Crippen molar-refractivity contribution in [2.24, 2.45) is 5.73 Å². The first kappa shape index (κ1) is 16.1. The molecule has 0 aliphatic carbocycles. The van der Waals surface area contributed by atoms with Crippen LogP contribution in [0.4, 0.5) is 5.69 Å². The number of carbonyl (C=O) groups excluding carboxylic acids is 2. The molecule has 2 amide bonds. The van der Waals surface area contributed by atoms with Gasteiger partial charge in [0.05, 0.1) is 10.9 Å². The zero-order chi connectivity index (χ0) is 15.6. The average Bonchev–Trinajstić information content (AvgIpc) is 2.37. The minimum atomic E-state index is -0.471. The molecule has 1 atom stereocenters. The second-order valence-electron chi connectivity index (χ2n) is 5.71. The summed E-state index contributed by atoms with van der Waals surface area (Å²) in [6.45, 7) is 4.03. The second kappa shape index (κ2) is 6.25. The third kappa shape index (κ3) is 4.62. The molecule has 1 aromatic rings. The molecule has 1 aromatic carbocycles. The molecule has 0 spiro atoms. The number of carbonyl (C=O) groups is 2. The molecule has 1 heterocycles. The summed E-state index contributed by atoms with van der Waals surface area (Å²) >= 11 is 7.27. The van der Waals surface area contributed by atoms with Gasteiger partial charge in [-0.25, -0.2) is 0 Å². The number of halogens is 1. The maximum Gasteiger partial charge on any atom is 0.238 e. The van der Waals surface area contributed by atoms with Crippen molar-refractivity contribution < 1.29 is 9.59 Å². The molecular weight excluding hydrogens is 310 g/mol. The van der Waals surface area contributed by atoms with Crippen molar-refractivity contribution in [3.63, 3.8) is 0 Å². The van der Waals surface area contributed by atoms with E-state index in [0.717, 1.165) is 4.90 Å². The van der Waals surface area contributed by atoms with Gasteiger partial charge in [0.1, 0.15) is 0 Å². The Bertz CT molecular complexity index is 572. The van der Waals surface area contributed by atoms with E-state index in [1.165, 1.54) is 11.8 Å². The minimum absolute atomic E-state index is 0.120. The van der Waals surface area contributed by atoms with Crippen LogP contribution in [0.25, 0.3) is 0 Å². The fourth-order valence-corrected chi connectivity index (χ4v) is 3.09. The number of nitrogens with two attached hydrogens (primary N) is 1. The van der Waals surface area contributed by atoms with Crippen LogP contribution in [0.1, 0.15) is 20.3 Å². The van der Waals surface area contributed by atoms with Gasteiger partial charge in [-0.1, -0.05) is 11.6 Å². The number of amides is 2. The van der Waals surface area contributed by atoms with Crippen LogP contribution in [0, 0.1) is 0 Å². The Morgan fingerprint density at radius 2 is 2.24 bits per heavy atom. The summed E-state index contributed by atoms with van der Waals surface area (Å²) in [6.07, 6.45) is 0.120. The van der Waals surface area contributed by atoms with Crippen LogP contribution < -0.4 is 16.4 Å². The largest absolute Gasteiger partial charge is 0.354 e. The Kier molecular flexibility index (Phi) is 4.81. The highest BCUT2D eigenvalue weighted by Gasteiger charge is 2.29. The highest BCUT2D eigenvalue weighted by Crippen LogP contribution is 2.38. The first-order chi connectivity index (χ1) is 9.74. The van der Waals surface area contributed by atoms with Crippen molar-refractivity contribution in [3.8, 4) is 0 Å². The van der Waals surface area contributed by atoms with Gasteiger partial charge in [0.25, 0.3) is 0 Å². The summed E-state index contributed by atoms with van der Waals surface area (Å²) in [4.78, 5) is 24.8. The lowest BCUT2D eigenvalue weighted by Gasteiger charge is -2.24. The summed E-state index contributed by atoms with van der Waals surface area (Å²) < 4.78 is 0. The number of hydrogen-bond acceptors (Lipinski definition) is 4. The highest BCUT2D eigenvalue weighted by molar-refractivity contribution is 8.01. The standard InChI is InChI=1S/C14H18ClN3O2S/c1-14(2,16)7-17-12(19)6-11-13(20)18-9-5-8(15)3-4-10(9)21-11/h3-5,11H,6-7,16H2,1-2H3,(H,17,19)(H,18,20). The maximum atomic E-state index is 12.0. The molecule has 21 heavy (non-hydrogen) atoms. The van der Waals surface area contributed by atoms with E-state index >= 15 is 0 Å². The van der Waals surface area contributed by atoms with Crippen LogP contribution >= 0.6 is 23.4 Å². The predicted molar refractivity (Wildman–Crippen MR) is 85.6 cm³/mol. The smallest absolute Gasteiger partial charge is 0.238 e. The van der Waals surface area contributed by atoms with E-state index in [1.54, 1.807) is 12.1 Å². The summed E-state index contributed by atoms with van der Waals surface area (Å²) in [5.41, 5.74) is 6.03. The molecule has 0 radical (unpaired) electrons. The summed E-state index contributed by atoms with van der Waals surface area (Å²) in [5.74, 6) is -0.365. The number of hydrogen-bond donors (Lipinski definition) is 3. The number of anilines is 1. The zero-order valence-electron chi connectivity index (χ0n) is 11.9. The van der Waals surface area contributed by atoms with Crippen molar-refractivity contribution in [1.29, 1.82) is 0 Å². The Morgan fingerprint density at radius 1 is 1.52 bits per heavy atom.